The number of imidazole rings is 1. The molecule has 0 spiro atoms. The highest BCUT2D eigenvalue weighted by Crippen LogP contribution is 2.25. The quantitative estimate of drug-likeness (QED) is 0.214. The number of aromatic amines is 1. The van der Waals surface area contributed by atoms with E-state index in [4.69, 9.17) is 27.9 Å². The molecule has 0 aliphatic rings. The standard InChI is InChI=1S/C28H29Cl2N3O4S/c1-3-5-12-38(35,36)33-28(34)21-15-20(27-25(16-21)31-26(4-2)32-27)13-18-6-9-22(10-7-18)37-17-19-8-11-23(29)24(30)14-19/h6-11,14-16H,3-5,12-13,17H2,1-2H3,(H,31,32)(H,33,34). The van der Waals surface area contributed by atoms with E-state index in [0.717, 1.165) is 34.5 Å². The molecule has 0 radical (unpaired) electrons. The number of amides is 1. The first-order valence-corrected chi connectivity index (χ1v) is 14.8. The molecule has 38 heavy (non-hydrogen) atoms. The van der Waals surface area contributed by atoms with Crippen LogP contribution in [0.15, 0.2) is 54.6 Å². The van der Waals surface area contributed by atoms with Crippen molar-refractivity contribution in [1.29, 1.82) is 0 Å². The highest BCUT2D eigenvalue weighted by atomic mass is 35.5. The largest absolute Gasteiger partial charge is 0.489 e. The number of nitrogens with zero attached hydrogens (tertiary/aromatic N) is 1. The number of aromatic nitrogens is 2. The molecule has 1 heterocycles. The maximum atomic E-state index is 12.9. The molecule has 2 N–H and O–H groups in total. The third-order valence-electron chi connectivity index (χ3n) is 6.03. The zero-order valence-electron chi connectivity index (χ0n) is 21.2. The van der Waals surface area contributed by atoms with Crippen molar-refractivity contribution in [3.63, 3.8) is 0 Å². The van der Waals surface area contributed by atoms with E-state index in [0.29, 0.717) is 47.2 Å². The van der Waals surface area contributed by atoms with Gasteiger partial charge in [0.2, 0.25) is 10.0 Å². The summed E-state index contributed by atoms with van der Waals surface area (Å²) in [6.45, 7) is 4.24. The van der Waals surface area contributed by atoms with Crippen molar-refractivity contribution >= 4 is 50.2 Å². The van der Waals surface area contributed by atoms with E-state index in [9.17, 15) is 13.2 Å². The summed E-state index contributed by atoms with van der Waals surface area (Å²) in [7, 11) is -3.70. The number of halogens is 2. The Balaban J connectivity index is 1.53. The molecule has 0 atom stereocenters. The van der Waals surface area contributed by atoms with Gasteiger partial charge in [-0.2, -0.15) is 0 Å². The number of hydrogen-bond donors (Lipinski definition) is 2. The van der Waals surface area contributed by atoms with Crippen LogP contribution in [0.3, 0.4) is 0 Å². The molecule has 10 heteroatoms. The monoisotopic (exact) mass is 573 g/mol. The fourth-order valence-corrected chi connectivity index (χ4v) is 5.47. The van der Waals surface area contributed by atoms with E-state index in [1.54, 1.807) is 24.3 Å². The van der Waals surface area contributed by atoms with Crippen molar-refractivity contribution in [3.8, 4) is 5.75 Å². The number of nitrogens with one attached hydrogen (secondary N) is 2. The molecule has 3 aromatic carbocycles. The Morgan fingerprint density at radius 2 is 1.74 bits per heavy atom. The van der Waals surface area contributed by atoms with Gasteiger partial charge in [-0.3, -0.25) is 4.79 Å². The van der Waals surface area contributed by atoms with Crippen LogP contribution in [0.4, 0.5) is 0 Å². The number of benzene rings is 3. The zero-order valence-corrected chi connectivity index (χ0v) is 23.5. The number of sulfonamides is 1. The summed E-state index contributed by atoms with van der Waals surface area (Å²) in [6, 6.07) is 16.4. The number of carbonyl (C=O) groups excluding carboxylic acids is 1. The van der Waals surface area contributed by atoms with Crippen molar-refractivity contribution in [3.05, 3.63) is 92.7 Å². The summed E-state index contributed by atoms with van der Waals surface area (Å²) in [5.41, 5.74) is 4.42. The fraction of sp³-hybridized carbons (Fsp3) is 0.286. The molecule has 0 fully saturated rings. The van der Waals surface area contributed by atoms with Crippen LogP contribution in [-0.4, -0.2) is 30.0 Å². The van der Waals surface area contributed by atoms with E-state index >= 15 is 0 Å². The van der Waals surface area contributed by atoms with Gasteiger partial charge in [0.1, 0.15) is 18.2 Å². The zero-order chi connectivity index (χ0) is 27.3. The third-order valence-corrected chi connectivity index (χ3v) is 8.10. The van der Waals surface area contributed by atoms with E-state index in [-0.39, 0.29) is 11.3 Å². The second-order valence-corrected chi connectivity index (χ2v) is 11.7. The van der Waals surface area contributed by atoms with Crippen LogP contribution in [-0.2, 0) is 29.5 Å². The van der Waals surface area contributed by atoms with Crippen LogP contribution >= 0.6 is 23.2 Å². The van der Waals surface area contributed by atoms with E-state index in [1.165, 1.54) is 0 Å². The molecule has 7 nitrogen and oxygen atoms in total. The van der Waals surface area contributed by atoms with Gasteiger partial charge < -0.3 is 9.72 Å². The molecule has 0 aliphatic heterocycles. The average Bonchev–Trinajstić information content (AvgIpc) is 3.32. The molecule has 1 amide bonds. The maximum absolute atomic E-state index is 12.9. The van der Waals surface area contributed by atoms with Crippen LogP contribution in [0.5, 0.6) is 5.75 Å². The normalized spacial score (nSPS) is 11.6. The molecule has 0 unspecified atom stereocenters. The van der Waals surface area contributed by atoms with Crippen LogP contribution in [0.1, 0.15) is 59.6 Å². The van der Waals surface area contributed by atoms with Gasteiger partial charge in [-0.25, -0.2) is 18.1 Å². The highest BCUT2D eigenvalue weighted by Gasteiger charge is 2.19. The molecule has 0 aliphatic carbocycles. The number of aryl methyl sites for hydroxylation is 1. The molecule has 0 bridgehead atoms. The summed E-state index contributed by atoms with van der Waals surface area (Å²) in [4.78, 5) is 20.8. The van der Waals surface area contributed by atoms with Crippen LogP contribution in [0.2, 0.25) is 10.0 Å². The summed E-state index contributed by atoms with van der Waals surface area (Å²) in [6.07, 6.45) is 2.41. The minimum Gasteiger partial charge on any atom is -0.489 e. The number of fused-ring (bicyclic) bond motifs is 1. The number of rotatable bonds is 11. The van der Waals surface area contributed by atoms with Crippen molar-refractivity contribution < 1.29 is 17.9 Å². The average molecular weight is 575 g/mol. The Labute approximate surface area is 232 Å². The van der Waals surface area contributed by atoms with Gasteiger partial charge in [0.05, 0.1) is 26.8 Å². The first kappa shape index (κ1) is 28.0. The third kappa shape index (κ3) is 7.07. The van der Waals surface area contributed by atoms with Crippen molar-refractivity contribution in [1.82, 2.24) is 14.7 Å². The highest BCUT2D eigenvalue weighted by molar-refractivity contribution is 7.90. The van der Waals surface area contributed by atoms with Crippen molar-refractivity contribution in [2.24, 2.45) is 0 Å². The molecular formula is C28H29Cl2N3O4S. The van der Waals surface area contributed by atoms with Crippen LogP contribution in [0, 0.1) is 0 Å². The molecule has 4 rings (SSSR count). The predicted molar refractivity (Wildman–Crippen MR) is 152 cm³/mol. The van der Waals surface area contributed by atoms with Gasteiger partial charge in [-0.15, -0.1) is 0 Å². The lowest BCUT2D eigenvalue weighted by Crippen LogP contribution is -2.32. The van der Waals surface area contributed by atoms with Gasteiger partial charge in [0.25, 0.3) is 5.91 Å². The Morgan fingerprint density at radius 1 is 1.00 bits per heavy atom. The summed E-state index contributed by atoms with van der Waals surface area (Å²) >= 11 is 12.1. The molecule has 0 saturated carbocycles. The Bertz CT molecular complexity index is 1550. The van der Waals surface area contributed by atoms with Crippen LogP contribution in [0.25, 0.3) is 11.0 Å². The number of ether oxygens (including phenoxy) is 1. The van der Waals surface area contributed by atoms with Crippen molar-refractivity contribution in [2.45, 2.75) is 46.1 Å². The summed E-state index contributed by atoms with van der Waals surface area (Å²) in [5, 5.41) is 0.977. The smallest absolute Gasteiger partial charge is 0.264 e. The Kier molecular flexibility index (Phi) is 8.97. The molecule has 4 aromatic rings. The molecule has 200 valence electrons. The number of hydrogen-bond acceptors (Lipinski definition) is 5. The SMILES string of the molecule is CCCCS(=O)(=O)NC(=O)c1cc(Cc2ccc(OCc3ccc(Cl)c(Cl)c3)cc2)c2nc(CC)[nH]c2c1. The number of carbonyl (C=O) groups is 1. The topological polar surface area (TPSA) is 101 Å². The predicted octanol–water partition coefficient (Wildman–Crippen LogP) is 6.46. The fourth-order valence-electron chi connectivity index (χ4n) is 3.98. The second-order valence-electron chi connectivity index (χ2n) is 9.03. The van der Waals surface area contributed by atoms with Crippen LogP contribution < -0.4 is 9.46 Å². The molecule has 1 aromatic heterocycles. The summed E-state index contributed by atoms with van der Waals surface area (Å²) < 4.78 is 32.7. The Morgan fingerprint density at radius 3 is 2.42 bits per heavy atom. The lowest BCUT2D eigenvalue weighted by molar-refractivity contribution is 0.0981. The second kappa shape index (κ2) is 12.2. The minimum absolute atomic E-state index is 0.0894. The number of H-pyrrole nitrogens is 1. The van der Waals surface area contributed by atoms with E-state index < -0.39 is 15.9 Å². The van der Waals surface area contributed by atoms with Gasteiger partial charge >= 0.3 is 0 Å². The number of unbranched alkanes of at least 4 members (excludes halogenated alkanes) is 1. The van der Waals surface area contributed by atoms with Gasteiger partial charge in [-0.05, 0) is 65.9 Å². The van der Waals surface area contributed by atoms with E-state index in [1.807, 2.05) is 44.2 Å². The molecular weight excluding hydrogens is 545 g/mol. The first-order valence-electron chi connectivity index (χ1n) is 12.4. The Hall–Kier alpha value is -3.07. The lowest BCUT2D eigenvalue weighted by Gasteiger charge is -2.10. The van der Waals surface area contributed by atoms with Crippen molar-refractivity contribution in [2.75, 3.05) is 5.75 Å². The van der Waals surface area contributed by atoms with Gasteiger partial charge in [0.15, 0.2) is 0 Å². The van der Waals surface area contributed by atoms with E-state index in [2.05, 4.69) is 14.7 Å². The maximum Gasteiger partial charge on any atom is 0.264 e. The minimum atomic E-state index is -3.70. The summed E-state index contributed by atoms with van der Waals surface area (Å²) in [5.74, 6) is 0.750. The first-order chi connectivity index (χ1) is 18.2. The van der Waals surface area contributed by atoms with Gasteiger partial charge in [0, 0.05) is 12.0 Å². The van der Waals surface area contributed by atoms with Gasteiger partial charge in [-0.1, -0.05) is 61.7 Å². The molecule has 0 saturated heterocycles. The lowest BCUT2D eigenvalue weighted by atomic mass is 10.0.